The predicted octanol–water partition coefficient (Wildman–Crippen LogP) is 5.66. The molecule has 1 atom stereocenters. The van der Waals surface area contributed by atoms with E-state index < -0.39 is 0 Å². The molecule has 3 nitrogen and oxygen atoms in total. The van der Waals surface area contributed by atoms with Crippen molar-refractivity contribution in [3.05, 3.63) is 107 Å². The lowest BCUT2D eigenvalue weighted by Gasteiger charge is -2.20. The Morgan fingerprint density at radius 2 is 1.50 bits per heavy atom. The molecule has 0 bridgehead atoms. The minimum atomic E-state index is -0.170. The lowest BCUT2D eigenvalue weighted by molar-refractivity contribution is -0.00887. The first-order chi connectivity index (χ1) is 15.8. The maximum absolute atomic E-state index is 13.0. The fraction of sp³-hybridized carbons (Fsp3) is 0.357. The van der Waals surface area contributed by atoms with E-state index in [4.69, 9.17) is 9.47 Å². The molecular formula is C28H32FNO2. The molecule has 0 spiro atoms. The van der Waals surface area contributed by atoms with Gasteiger partial charge in [-0.1, -0.05) is 72.8 Å². The van der Waals surface area contributed by atoms with E-state index in [2.05, 4.69) is 29.2 Å². The van der Waals surface area contributed by atoms with Gasteiger partial charge in [-0.15, -0.1) is 0 Å². The largest absolute Gasteiger partial charge is 0.374 e. The van der Waals surface area contributed by atoms with E-state index in [1.165, 1.54) is 17.7 Å². The topological polar surface area (TPSA) is 21.7 Å². The number of hydrogen-bond donors (Lipinski definition) is 0. The highest BCUT2D eigenvalue weighted by atomic mass is 19.1. The van der Waals surface area contributed by atoms with E-state index in [9.17, 15) is 4.39 Å². The zero-order chi connectivity index (χ0) is 22.0. The molecule has 4 heteroatoms. The lowest BCUT2D eigenvalue weighted by Crippen LogP contribution is -2.25. The van der Waals surface area contributed by atoms with E-state index in [1.54, 1.807) is 0 Å². The molecule has 1 aliphatic heterocycles. The highest BCUT2D eigenvalue weighted by Gasteiger charge is 2.22. The van der Waals surface area contributed by atoms with Crippen LogP contribution < -0.4 is 0 Å². The molecule has 3 aromatic rings. The van der Waals surface area contributed by atoms with Gasteiger partial charge in [0.2, 0.25) is 0 Å². The summed E-state index contributed by atoms with van der Waals surface area (Å²) >= 11 is 0. The summed E-state index contributed by atoms with van der Waals surface area (Å²) in [5.41, 5.74) is 3.51. The molecule has 0 aliphatic carbocycles. The number of rotatable bonds is 11. The Labute approximate surface area is 190 Å². The number of nitrogens with zero attached hydrogens (tertiary/aromatic N) is 1. The van der Waals surface area contributed by atoms with Crippen LogP contribution in [0.2, 0.25) is 0 Å². The van der Waals surface area contributed by atoms with Crippen LogP contribution in [-0.4, -0.2) is 43.9 Å². The van der Waals surface area contributed by atoms with Gasteiger partial charge in [0, 0.05) is 13.1 Å². The van der Waals surface area contributed by atoms with Gasteiger partial charge < -0.3 is 14.4 Å². The minimum Gasteiger partial charge on any atom is -0.374 e. The smallest absolute Gasteiger partial charge is 0.123 e. The van der Waals surface area contributed by atoms with E-state index >= 15 is 0 Å². The third kappa shape index (κ3) is 6.73. The first-order valence-electron chi connectivity index (χ1n) is 11.6. The molecule has 1 aliphatic rings. The quantitative estimate of drug-likeness (QED) is 0.365. The minimum absolute atomic E-state index is 0.0764. The van der Waals surface area contributed by atoms with Crippen LogP contribution in [0.5, 0.6) is 0 Å². The van der Waals surface area contributed by atoms with E-state index in [0.29, 0.717) is 13.2 Å². The zero-order valence-electron chi connectivity index (χ0n) is 18.5. The molecule has 1 fully saturated rings. The Morgan fingerprint density at radius 1 is 0.844 bits per heavy atom. The Bertz CT molecular complexity index is 878. The average molecular weight is 434 g/mol. The monoisotopic (exact) mass is 433 g/mol. The zero-order valence-corrected chi connectivity index (χ0v) is 18.5. The van der Waals surface area contributed by atoms with Crippen molar-refractivity contribution in [3.8, 4) is 0 Å². The first-order valence-corrected chi connectivity index (χ1v) is 11.6. The van der Waals surface area contributed by atoms with Crippen LogP contribution in [0.15, 0.2) is 84.9 Å². The van der Waals surface area contributed by atoms with Crippen LogP contribution >= 0.6 is 0 Å². The molecule has 0 saturated carbocycles. The van der Waals surface area contributed by atoms with Crippen molar-refractivity contribution in [2.75, 3.05) is 32.8 Å². The summed E-state index contributed by atoms with van der Waals surface area (Å²) in [6.45, 7) is 4.27. The SMILES string of the molecule is Fc1ccc(CCCN2CC[C@@H](OCCOC(c3ccccc3)c3ccccc3)C2)cc1. The molecule has 168 valence electrons. The average Bonchev–Trinajstić information content (AvgIpc) is 3.29. The lowest BCUT2D eigenvalue weighted by atomic mass is 10.0. The molecular weight excluding hydrogens is 401 g/mol. The Kier molecular flexibility index (Phi) is 8.43. The summed E-state index contributed by atoms with van der Waals surface area (Å²) in [5.74, 6) is -0.170. The molecule has 0 amide bonds. The van der Waals surface area contributed by atoms with Crippen molar-refractivity contribution in [1.29, 1.82) is 0 Å². The third-order valence-electron chi connectivity index (χ3n) is 6.01. The number of ether oxygens (including phenoxy) is 2. The highest BCUT2D eigenvalue weighted by molar-refractivity contribution is 5.29. The van der Waals surface area contributed by atoms with Crippen LogP contribution in [0.3, 0.4) is 0 Å². The fourth-order valence-electron chi connectivity index (χ4n) is 4.32. The Morgan fingerprint density at radius 3 is 2.16 bits per heavy atom. The van der Waals surface area contributed by atoms with Gasteiger partial charge in [0.05, 0.1) is 19.3 Å². The Hall–Kier alpha value is -2.53. The van der Waals surface area contributed by atoms with Crippen molar-refractivity contribution < 1.29 is 13.9 Å². The standard InChI is InChI=1S/C28H32FNO2/c29-26-15-13-23(14-16-26)8-7-18-30-19-17-27(22-30)31-20-21-32-28(24-9-3-1-4-10-24)25-11-5-2-6-12-25/h1-6,9-16,27-28H,7-8,17-22H2/t27-/m1/s1. The Balaban J connectivity index is 1.17. The van der Waals surface area contributed by atoms with Gasteiger partial charge in [-0.25, -0.2) is 4.39 Å². The van der Waals surface area contributed by atoms with Crippen LogP contribution in [-0.2, 0) is 15.9 Å². The summed E-state index contributed by atoms with van der Waals surface area (Å²) in [6.07, 6.45) is 3.33. The van der Waals surface area contributed by atoms with Crippen LogP contribution in [0.1, 0.15) is 35.6 Å². The number of aryl methyl sites for hydroxylation is 1. The van der Waals surface area contributed by atoms with Crippen molar-refractivity contribution >= 4 is 0 Å². The van der Waals surface area contributed by atoms with Crippen LogP contribution in [0, 0.1) is 5.82 Å². The van der Waals surface area contributed by atoms with Crippen molar-refractivity contribution in [1.82, 2.24) is 4.90 Å². The number of benzene rings is 3. The molecule has 0 radical (unpaired) electrons. The van der Waals surface area contributed by atoms with E-state index in [-0.39, 0.29) is 18.0 Å². The molecule has 32 heavy (non-hydrogen) atoms. The molecule has 3 aromatic carbocycles. The van der Waals surface area contributed by atoms with Gasteiger partial charge in [-0.3, -0.25) is 0 Å². The summed E-state index contributed by atoms with van der Waals surface area (Å²) < 4.78 is 25.4. The summed E-state index contributed by atoms with van der Waals surface area (Å²) in [5, 5.41) is 0. The van der Waals surface area contributed by atoms with E-state index in [0.717, 1.165) is 50.0 Å². The number of likely N-dealkylation sites (tertiary alicyclic amines) is 1. The van der Waals surface area contributed by atoms with Gasteiger partial charge in [0.1, 0.15) is 11.9 Å². The molecule has 4 rings (SSSR count). The normalized spacial score (nSPS) is 16.6. The molecule has 1 saturated heterocycles. The van der Waals surface area contributed by atoms with Crippen molar-refractivity contribution in [3.63, 3.8) is 0 Å². The maximum atomic E-state index is 13.0. The van der Waals surface area contributed by atoms with E-state index in [1.807, 2.05) is 48.5 Å². The second-order valence-corrected chi connectivity index (χ2v) is 8.38. The summed E-state index contributed by atoms with van der Waals surface area (Å²) in [6, 6.07) is 27.5. The van der Waals surface area contributed by atoms with Crippen LogP contribution in [0.4, 0.5) is 4.39 Å². The third-order valence-corrected chi connectivity index (χ3v) is 6.01. The molecule has 0 N–H and O–H groups in total. The highest BCUT2D eigenvalue weighted by Crippen LogP contribution is 2.25. The van der Waals surface area contributed by atoms with Gasteiger partial charge in [0.15, 0.2) is 0 Å². The molecule has 1 heterocycles. The molecule has 0 unspecified atom stereocenters. The number of halogens is 1. The summed E-state index contributed by atoms with van der Waals surface area (Å²) in [7, 11) is 0. The van der Waals surface area contributed by atoms with Crippen molar-refractivity contribution in [2.45, 2.75) is 31.5 Å². The van der Waals surface area contributed by atoms with Gasteiger partial charge in [-0.2, -0.15) is 0 Å². The second-order valence-electron chi connectivity index (χ2n) is 8.38. The fourth-order valence-corrected chi connectivity index (χ4v) is 4.32. The van der Waals surface area contributed by atoms with Crippen LogP contribution in [0.25, 0.3) is 0 Å². The summed E-state index contributed by atoms with van der Waals surface area (Å²) in [4.78, 5) is 2.46. The first kappa shape index (κ1) is 22.7. The van der Waals surface area contributed by atoms with Crippen molar-refractivity contribution in [2.24, 2.45) is 0 Å². The predicted molar refractivity (Wildman–Crippen MR) is 126 cm³/mol. The maximum Gasteiger partial charge on any atom is 0.123 e. The van der Waals surface area contributed by atoms with Gasteiger partial charge in [-0.05, 0) is 54.6 Å². The van der Waals surface area contributed by atoms with Gasteiger partial charge in [0.25, 0.3) is 0 Å². The second kappa shape index (κ2) is 11.9. The number of hydrogen-bond acceptors (Lipinski definition) is 3. The molecule has 0 aromatic heterocycles. The van der Waals surface area contributed by atoms with Gasteiger partial charge >= 0.3 is 0 Å².